The predicted molar refractivity (Wildman–Crippen MR) is 162 cm³/mol. The molecule has 0 fully saturated rings. The molecular weight excluding hydrogens is 476 g/mol. The van der Waals surface area contributed by atoms with E-state index in [2.05, 4.69) is 95.6 Å². The number of benzene rings is 5. The smallest absolute Gasteiger partial charge is 0.131 e. The van der Waals surface area contributed by atoms with E-state index in [0.29, 0.717) is 5.71 Å². The highest BCUT2D eigenvalue weighted by Crippen LogP contribution is 2.37. The number of allylic oxidation sites excluding steroid dienone is 2. The molecule has 0 saturated heterocycles. The van der Waals surface area contributed by atoms with E-state index in [9.17, 15) is 0 Å². The van der Waals surface area contributed by atoms with Crippen LogP contribution >= 0.6 is 0 Å². The van der Waals surface area contributed by atoms with Crippen molar-refractivity contribution < 1.29 is 0 Å². The molecule has 2 atom stereocenters. The van der Waals surface area contributed by atoms with Gasteiger partial charge in [0.05, 0.1) is 5.71 Å². The van der Waals surface area contributed by atoms with Gasteiger partial charge in [-0.05, 0) is 46.0 Å². The van der Waals surface area contributed by atoms with Gasteiger partial charge >= 0.3 is 0 Å². The molecule has 4 nitrogen and oxygen atoms in total. The molecule has 0 spiro atoms. The van der Waals surface area contributed by atoms with Crippen LogP contribution in [0, 0.1) is 5.41 Å². The fourth-order valence-corrected chi connectivity index (χ4v) is 5.20. The van der Waals surface area contributed by atoms with E-state index >= 15 is 0 Å². The summed E-state index contributed by atoms with van der Waals surface area (Å²) >= 11 is 0. The van der Waals surface area contributed by atoms with Crippen molar-refractivity contribution in [3.05, 3.63) is 156 Å². The lowest BCUT2D eigenvalue weighted by Gasteiger charge is -2.33. The summed E-state index contributed by atoms with van der Waals surface area (Å²) in [6.07, 6.45) is 3.32. The van der Waals surface area contributed by atoms with Crippen LogP contribution in [-0.2, 0) is 0 Å². The van der Waals surface area contributed by atoms with Crippen LogP contribution in [0.1, 0.15) is 41.5 Å². The van der Waals surface area contributed by atoms with Crippen LogP contribution in [0.25, 0.3) is 21.9 Å². The van der Waals surface area contributed by atoms with E-state index in [4.69, 9.17) is 10.4 Å². The van der Waals surface area contributed by atoms with Gasteiger partial charge in [-0.25, -0.2) is 4.99 Å². The number of hydrogen-bond acceptors (Lipinski definition) is 4. The second kappa shape index (κ2) is 10.9. The molecular formula is C35H30N4. The van der Waals surface area contributed by atoms with Gasteiger partial charge in [0.2, 0.25) is 0 Å². The van der Waals surface area contributed by atoms with Crippen molar-refractivity contribution in [1.82, 2.24) is 10.6 Å². The van der Waals surface area contributed by atoms with Gasteiger partial charge in [-0.2, -0.15) is 0 Å². The maximum Gasteiger partial charge on any atom is 0.131 e. The van der Waals surface area contributed by atoms with Crippen molar-refractivity contribution in [3.63, 3.8) is 0 Å². The topological polar surface area (TPSA) is 60.3 Å². The second-order valence-corrected chi connectivity index (χ2v) is 9.64. The zero-order valence-corrected chi connectivity index (χ0v) is 21.8. The van der Waals surface area contributed by atoms with Crippen molar-refractivity contribution in [3.8, 4) is 11.1 Å². The first-order valence-corrected chi connectivity index (χ1v) is 13.3. The van der Waals surface area contributed by atoms with Gasteiger partial charge in [0, 0.05) is 11.1 Å². The van der Waals surface area contributed by atoms with Crippen molar-refractivity contribution in [2.24, 2.45) is 4.99 Å². The fraction of sp³-hybridized carbons (Fsp3) is 0.0857. The predicted octanol–water partition coefficient (Wildman–Crippen LogP) is 7.79. The van der Waals surface area contributed by atoms with Crippen LogP contribution < -0.4 is 10.6 Å². The van der Waals surface area contributed by atoms with E-state index in [1.54, 1.807) is 0 Å². The molecule has 0 saturated carbocycles. The van der Waals surface area contributed by atoms with Gasteiger partial charge < -0.3 is 10.7 Å². The van der Waals surface area contributed by atoms with Crippen LogP contribution in [0.15, 0.2) is 138 Å². The Hall–Kier alpha value is -4.80. The van der Waals surface area contributed by atoms with Crippen LogP contribution in [0.5, 0.6) is 0 Å². The van der Waals surface area contributed by atoms with Crippen LogP contribution in [0.2, 0.25) is 0 Å². The first kappa shape index (κ1) is 24.5. The van der Waals surface area contributed by atoms with Gasteiger partial charge in [0.25, 0.3) is 0 Å². The number of hydrogen-bond donors (Lipinski definition) is 3. The first-order chi connectivity index (χ1) is 19.2. The second-order valence-electron chi connectivity index (χ2n) is 9.64. The standard InChI is InChI=1S/C35H30N4/c1-2-11-31(36)26-20-18-25(19-21-26)30-23-22-24-12-9-10-17-29(24)32(30)35-38-33(27-13-5-3-6-14-27)37-34(39-35)28-15-7-4-8-16-28/h2-23,33,35-36,38H,1H3,(H,37,39)/b11-2-,36-31?. The van der Waals surface area contributed by atoms with Gasteiger partial charge in [0.1, 0.15) is 18.2 Å². The SMILES string of the molecule is C/C=C\C(=N)c1ccc(-c2ccc3ccccc3c2C2N=C(c3ccccc3)NC(c3ccccc3)N2)cc1. The van der Waals surface area contributed by atoms with E-state index in [0.717, 1.165) is 39.2 Å². The van der Waals surface area contributed by atoms with Crippen molar-refractivity contribution in [2.45, 2.75) is 19.3 Å². The average Bonchev–Trinajstić information content (AvgIpc) is 3.01. The van der Waals surface area contributed by atoms with E-state index < -0.39 is 0 Å². The molecule has 1 heterocycles. The third kappa shape index (κ3) is 5.02. The maximum atomic E-state index is 8.30. The maximum absolute atomic E-state index is 8.30. The van der Waals surface area contributed by atoms with Crippen molar-refractivity contribution in [1.29, 1.82) is 5.41 Å². The molecule has 1 aliphatic heterocycles. The fourth-order valence-electron chi connectivity index (χ4n) is 5.20. The molecule has 0 bridgehead atoms. The molecule has 5 aromatic carbocycles. The first-order valence-electron chi connectivity index (χ1n) is 13.3. The van der Waals surface area contributed by atoms with Crippen LogP contribution in [-0.4, -0.2) is 11.5 Å². The molecule has 2 unspecified atom stereocenters. The monoisotopic (exact) mass is 506 g/mol. The molecule has 0 amide bonds. The Kier molecular flexibility index (Phi) is 6.86. The summed E-state index contributed by atoms with van der Waals surface area (Å²) in [6, 6.07) is 41.9. The van der Waals surface area contributed by atoms with E-state index in [-0.39, 0.29) is 12.3 Å². The quantitative estimate of drug-likeness (QED) is 0.206. The van der Waals surface area contributed by atoms with Gasteiger partial charge in [-0.15, -0.1) is 0 Å². The summed E-state index contributed by atoms with van der Waals surface area (Å²) in [5, 5.41) is 18.1. The molecule has 39 heavy (non-hydrogen) atoms. The Bertz CT molecular complexity index is 1670. The highest BCUT2D eigenvalue weighted by Gasteiger charge is 2.28. The lowest BCUT2D eigenvalue weighted by molar-refractivity contribution is 0.411. The Balaban J connectivity index is 1.52. The van der Waals surface area contributed by atoms with E-state index in [1.807, 2.05) is 55.5 Å². The van der Waals surface area contributed by atoms with Gasteiger partial charge in [0.15, 0.2) is 0 Å². The lowest BCUT2D eigenvalue weighted by Crippen LogP contribution is -2.45. The minimum absolute atomic E-state index is 0.112. The average molecular weight is 507 g/mol. The number of nitrogens with zero attached hydrogens (tertiary/aromatic N) is 1. The summed E-state index contributed by atoms with van der Waals surface area (Å²) < 4.78 is 0. The number of aliphatic imine (C=N–C) groups is 1. The van der Waals surface area contributed by atoms with Gasteiger partial charge in [-0.3, -0.25) is 5.32 Å². The summed E-state index contributed by atoms with van der Waals surface area (Å²) in [4.78, 5) is 5.26. The lowest BCUT2D eigenvalue weighted by atomic mass is 9.91. The van der Waals surface area contributed by atoms with Crippen molar-refractivity contribution >= 4 is 22.3 Å². The highest BCUT2D eigenvalue weighted by atomic mass is 15.3. The molecule has 0 aromatic heterocycles. The molecule has 6 rings (SSSR count). The summed E-state index contributed by atoms with van der Waals surface area (Å²) in [6.45, 7) is 1.93. The number of rotatable bonds is 6. The molecule has 4 heteroatoms. The zero-order valence-electron chi connectivity index (χ0n) is 21.8. The number of fused-ring (bicyclic) bond motifs is 1. The molecule has 5 aromatic rings. The van der Waals surface area contributed by atoms with Crippen LogP contribution in [0.3, 0.4) is 0 Å². The third-order valence-electron chi connectivity index (χ3n) is 7.13. The van der Waals surface area contributed by atoms with Gasteiger partial charge in [-0.1, -0.05) is 127 Å². The Morgan fingerprint density at radius 1 is 0.744 bits per heavy atom. The Morgan fingerprint density at radius 2 is 1.44 bits per heavy atom. The molecule has 190 valence electrons. The Labute approximate surface area is 229 Å². The van der Waals surface area contributed by atoms with E-state index in [1.165, 1.54) is 10.8 Å². The summed E-state index contributed by atoms with van der Waals surface area (Å²) in [5.41, 5.74) is 6.97. The minimum Gasteiger partial charge on any atom is -0.350 e. The largest absolute Gasteiger partial charge is 0.350 e. The summed E-state index contributed by atoms with van der Waals surface area (Å²) in [7, 11) is 0. The summed E-state index contributed by atoms with van der Waals surface area (Å²) in [5.74, 6) is 0.863. The number of nitrogens with one attached hydrogen (secondary N) is 3. The minimum atomic E-state index is -0.284. The third-order valence-corrected chi connectivity index (χ3v) is 7.13. The van der Waals surface area contributed by atoms with Crippen LogP contribution in [0.4, 0.5) is 0 Å². The molecule has 0 aliphatic carbocycles. The Morgan fingerprint density at radius 3 is 2.18 bits per heavy atom. The van der Waals surface area contributed by atoms with Crippen molar-refractivity contribution in [2.75, 3.05) is 0 Å². The normalized spacial score (nSPS) is 17.1. The number of amidine groups is 1. The zero-order chi connectivity index (χ0) is 26.6. The highest BCUT2D eigenvalue weighted by molar-refractivity contribution is 6.06. The molecule has 3 N–H and O–H groups in total. The molecule has 0 radical (unpaired) electrons. The molecule has 1 aliphatic rings.